The van der Waals surface area contributed by atoms with E-state index >= 15 is 0 Å². The van der Waals surface area contributed by atoms with Gasteiger partial charge in [0.05, 0.1) is 6.04 Å². The highest BCUT2D eigenvalue weighted by atomic mass is 35.5. The van der Waals surface area contributed by atoms with E-state index < -0.39 is 0 Å². The van der Waals surface area contributed by atoms with Crippen molar-refractivity contribution in [3.05, 3.63) is 0 Å². The average molecular weight is 220 g/mol. The van der Waals surface area contributed by atoms with Crippen LogP contribution in [0.1, 0.15) is 45.4 Å². The van der Waals surface area contributed by atoms with Crippen LogP contribution in [0.25, 0.3) is 0 Å². The van der Waals surface area contributed by atoms with Gasteiger partial charge in [-0.2, -0.15) is 0 Å². The molecule has 3 heteroatoms. The summed E-state index contributed by atoms with van der Waals surface area (Å²) in [6.45, 7) is 2.08. The molecule has 84 valence electrons. The van der Waals surface area contributed by atoms with Gasteiger partial charge in [0, 0.05) is 0 Å². The first-order valence-corrected chi connectivity index (χ1v) is 5.45. The molecule has 1 aliphatic rings. The molecule has 2 unspecified atom stereocenters. The summed E-state index contributed by atoms with van der Waals surface area (Å²) in [5.74, 6) is 1.28. The first-order valence-electron chi connectivity index (χ1n) is 5.45. The third-order valence-electron chi connectivity index (χ3n) is 3.32. The van der Waals surface area contributed by atoms with Gasteiger partial charge >= 0.3 is 0 Å². The minimum Gasteiger partial charge on any atom is -0.322 e. The van der Waals surface area contributed by atoms with Crippen molar-refractivity contribution in [3.8, 4) is 0 Å². The lowest BCUT2D eigenvalue weighted by Crippen LogP contribution is -2.29. The van der Waals surface area contributed by atoms with Gasteiger partial charge < -0.3 is 10.5 Å². The summed E-state index contributed by atoms with van der Waals surface area (Å²) >= 11 is 0. The minimum atomic E-state index is -0.249. The maximum absolute atomic E-state index is 10.4. The van der Waals surface area contributed by atoms with Crippen LogP contribution < -0.4 is 5.73 Å². The summed E-state index contributed by atoms with van der Waals surface area (Å²) in [6, 6.07) is -0.249. The van der Waals surface area contributed by atoms with Crippen molar-refractivity contribution in [1.82, 2.24) is 0 Å². The van der Waals surface area contributed by atoms with E-state index in [0.717, 1.165) is 18.6 Å². The van der Waals surface area contributed by atoms with Crippen LogP contribution in [0.15, 0.2) is 0 Å². The van der Waals surface area contributed by atoms with Crippen molar-refractivity contribution < 1.29 is 4.79 Å². The molecule has 1 saturated carbocycles. The molecular weight excluding hydrogens is 198 g/mol. The first kappa shape index (κ1) is 13.9. The topological polar surface area (TPSA) is 43.1 Å². The molecule has 2 nitrogen and oxygen atoms in total. The molecule has 0 amide bonds. The lowest BCUT2D eigenvalue weighted by Gasteiger charge is -2.16. The predicted octanol–water partition coefficient (Wildman–Crippen LogP) is 2.54. The Hall–Kier alpha value is -0.0800. The Kier molecular flexibility index (Phi) is 7.20. The number of rotatable bonds is 5. The highest BCUT2D eigenvalue weighted by molar-refractivity contribution is 5.85. The van der Waals surface area contributed by atoms with E-state index in [4.69, 9.17) is 5.73 Å². The molecule has 0 aromatic rings. The smallest absolute Gasteiger partial charge is 0.136 e. The van der Waals surface area contributed by atoms with Crippen LogP contribution in [0.2, 0.25) is 0 Å². The zero-order valence-electron chi connectivity index (χ0n) is 8.95. The van der Waals surface area contributed by atoms with E-state index in [0.29, 0.717) is 5.92 Å². The molecular formula is C11H22ClNO. The highest BCUT2D eigenvalue weighted by Crippen LogP contribution is 2.29. The second-order valence-electron chi connectivity index (χ2n) is 4.42. The van der Waals surface area contributed by atoms with Crippen molar-refractivity contribution in [2.24, 2.45) is 17.6 Å². The SMILES string of the molecule is CC(CCC1CCCC1)C(N)C=O.Cl. The lowest BCUT2D eigenvalue weighted by atomic mass is 9.92. The zero-order valence-corrected chi connectivity index (χ0v) is 9.76. The quantitative estimate of drug-likeness (QED) is 0.723. The third kappa shape index (κ3) is 4.43. The molecule has 0 aromatic carbocycles. The minimum absolute atomic E-state index is 0. The van der Waals surface area contributed by atoms with Gasteiger partial charge in [0.15, 0.2) is 0 Å². The van der Waals surface area contributed by atoms with Gasteiger partial charge in [0.2, 0.25) is 0 Å². The number of hydrogen-bond acceptors (Lipinski definition) is 2. The Morgan fingerprint density at radius 3 is 2.50 bits per heavy atom. The zero-order chi connectivity index (χ0) is 9.68. The van der Waals surface area contributed by atoms with Crippen LogP contribution in [-0.4, -0.2) is 12.3 Å². The fourth-order valence-electron chi connectivity index (χ4n) is 2.12. The molecule has 0 aromatic heterocycles. The Bertz CT molecular complexity index is 157. The third-order valence-corrected chi connectivity index (χ3v) is 3.32. The normalized spacial score (nSPS) is 21.3. The summed E-state index contributed by atoms with van der Waals surface area (Å²) in [6.07, 6.45) is 8.84. The Balaban J connectivity index is 0.00000169. The van der Waals surface area contributed by atoms with Crippen LogP contribution in [-0.2, 0) is 4.79 Å². The molecule has 0 radical (unpaired) electrons. The largest absolute Gasteiger partial charge is 0.322 e. The van der Waals surface area contributed by atoms with E-state index in [1.165, 1.54) is 32.1 Å². The standard InChI is InChI=1S/C11H21NO.ClH/c1-9(11(12)8-13)6-7-10-4-2-3-5-10;/h8-11H,2-7,12H2,1H3;1H. The van der Waals surface area contributed by atoms with E-state index in [-0.39, 0.29) is 18.4 Å². The molecule has 0 aliphatic heterocycles. The number of aldehydes is 1. The van der Waals surface area contributed by atoms with Crippen LogP contribution in [0.4, 0.5) is 0 Å². The van der Waals surface area contributed by atoms with Crippen LogP contribution in [0, 0.1) is 11.8 Å². The van der Waals surface area contributed by atoms with Gasteiger partial charge in [-0.3, -0.25) is 0 Å². The van der Waals surface area contributed by atoms with E-state index in [1.54, 1.807) is 0 Å². The summed E-state index contributed by atoms with van der Waals surface area (Å²) in [5.41, 5.74) is 5.63. The number of carbonyl (C=O) groups is 1. The number of hydrogen-bond donors (Lipinski definition) is 1. The van der Waals surface area contributed by atoms with Gasteiger partial charge in [0.1, 0.15) is 6.29 Å². The maximum Gasteiger partial charge on any atom is 0.136 e. The maximum atomic E-state index is 10.4. The Morgan fingerprint density at radius 2 is 2.00 bits per heavy atom. The van der Waals surface area contributed by atoms with Gasteiger partial charge in [-0.15, -0.1) is 12.4 Å². The number of nitrogens with two attached hydrogens (primary N) is 1. The summed E-state index contributed by atoms with van der Waals surface area (Å²) < 4.78 is 0. The predicted molar refractivity (Wildman–Crippen MR) is 61.6 cm³/mol. The second kappa shape index (κ2) is 7.24. The molecule has 0 saturated heterocycles. The molecule has 0 spiro atoms. The van der Waals surface area contributed by atoms with Crippen molar-refractivity contribution in [2.45, 2.75) is 51.5 Å². The molecule has 1 rings (SSSR count). The summed E-state index contributed by atoms with van der Waals surface area (Å²) in [4.78, 5) is 10.4. The number of carbonyl (C=O) groups excluding carboxylic acids is 1. The van der Waals surface area contributed by atoms with Gasteiger partial charge in [-0.1, -0.05) is 39.0 Å². The average Bonchev–Trinajstić information content (AvgIpc) is 2.65. The van der Waals surface area contributed by atoms with E-state index in [2.05, 4.69) is 6.92 Å². The molecule has 1 aliphatic carbocycles. The van der Waals surface area contributed by atoms with Crippen LogP contribution >= 0.6 is 12.4 Å². The molecule has 0 bridgehead atoms. The van der Waals surface area contributed by atoms with E-state index in [9.17, 15) is 4.79 Å². The molecule has 0 heterocycles. The van der Waals surface area contributed by atoms with Crippen molar-refractivity contribution >= 4 is 18.7 Å². The molecule has 1 fully saturated rings. The molecule has 2 N–H and O–H groups in total. The monoisotopic (exact) mass is 219 g/mol. The number of halogens is 1. The van der Waals surface area contributed by atoms with Gasteiger partial charge in [-0.05, 0) is 18.3 Å². The van der Waals surface area contributed by atoms with Gasteiger partial charge in [-0.25, -0.2) is 0 Å². The first-order chi connectivity index (χ1) is 6.24. The van der Waals surface area contributed by atoms with Crippen LogP contribution in [0.5, 0.6) is 0 Å². The fourth-order valence-corrected chi connectivity index (χ4v) is 2.12. The van der Waals surface area contributed by atoms with Crippen molar-refractivity contribution in [1.29, 1.82) is 0 Å². The second-order valence-corrected chi connectivity index (χ2v) is 4.42. The van der Waals surface area contributed by atoms with E-state index in [1.807, 2.05) is 0 Å². The Morgan fingerprint density at radius 1 is 1.43 bits per heavy atom. The fraction of sp³-hybridized carbons (Fsp3) is 0.909. The van der Waals surface area contributed by atoms with Gasteiger partial charge in [0.25, 0.3) is 0 Å². The summed E-state index contributed by atoms with van der Waals surface area (Å²) in [7, 11) is 0. The highest BCUT2D eigenvalue weighted by Gasteiger charge is 2.18. The lowest BCUT2D eigenvalue weighted by molar-refractivity contribution is -0.109. The van der Waals surface area contributed by atoms with Crippen LogP contribution in [0.3, 0.4) is 0 Å². The summed E-state index contributed by atoms with van der Waals surface area (Å²) in [5, 5.41) is 0. The Labute approximate surface area is 93.0 Å². The van der Waals surface area contributed by atoms with Crippen molar-refractivity contribution in [3.63, 3.8) is 0 Å². The molecule has 2 atom stereocenters. The van der Waals surface area contributed by atoms with Crippen molar-refractivity contribution in [2.75, 3.05) is 0 Å². The molecule has 14 heavy (non-hydrogen) atoms.